The number of carbonyl (C=O) groups is 1. The Labute approximate surface area is 147 Å². The number of methoxy groups -OCH3 is 1. The van der Waals surface area contributed by atoms with Crippen LogP contribution >= 0.6 is 0 Å². The summed E-state index contributed by atoms with van der Waals surface area (Å²) < 4.78 is 28.7. The van der Waals surface area contributed by atoms with Gasteiger partial charge in [-0.05, 0) is 46.7 Å². The standard InChI is InChI=1S/C19H21NO4S/c1-19(2)10-14-5-4-12(8-15(14)16(21)11-19)13-6-7-17(24-3)18(9-13)25(20,22)23/h4-9H,10-11H2,1-3H3,(H2,20,22,23). The summed E-state index contributed by atoms with van der Waals surface area (Å²) in [5.74, 6) is 0.315. The van der Waals surface area contributed by atoms with Gasteiger partial charge in [0.15, 0.2) is 5.78 Å². The molecule has 1 aliphatic rings. The third kappa shape index (κ3) is 3.45. The minimum atomic E-state index is -3.91. The lowest BCUT2D eigenvalue weighted by atomic mass is 9.73. The number of hydrogen-bond acceptors (Lipinski definition) is 4. The van der Waals surface area contributed by atoms with E-state index >= 15 is 0 Å². The fraction of sp³-hybridized carbons (Fsp3) is 0.316. The van der Waals surface area contributed by atoms with Crippen molar-refractivity contribution in [1.29, 1.82) is 0 Å². The van der Waals surface area contributed by atoms with Gasteiger partial charge in [0.1, 0.15) is 10.6 Å². The number of primary sulfonamides is 1. The van der Waals surface area contributed by atoms with Crippen molar-refractivity contribution in [2.75, 3.05) is 7.11 Å². The van der Waals surface area contributed by atoms with Gasteiger partial charge in [-0.15, -0.1) is 0 Å². The lowest BCUT2D eigenvalue weighted by molar-refractivity contribution is 0.0912. The fourth-order valence-electron chi connectivity index (χ4n) is 3.36. The Morgan fingerprint density at radius 3 is 2.32 bits per heavy atom. The number of benzene rings is 2. The maximum absolute atomic E-state index is 12.5. The Bertz CT molecular complexity index is 961. The smallest absolute Gasteiger partial charge is 0.241 e. The van der Waals surface area contributed by atoms with Crippen LogP contribution in [0.3, 0.4) is 0 Å². The van der Waals surface area contributed by atoms with E-state index in [1.165, 1.54) is 13.2 Å². The Kier molecular flexibility index (Phi) is 4.21. The molecular weight excluding hydrogens is 338 g/mol. The Hall–Kier alpha value is -2.18. The molecule has 2 aromatic carbocycles. The SMILES string of the molecule is COc1ccc(-c2ccc3c(c2)C(=O)CC(C)(C)C3)cc1S(N)(=O)=O. The highest BCUT2D eigenvalue weighted by Gasteiger charge is 2.31. The van der Waals surface area contributed by atoms with Gasteiger partial charge in [0.2, 0.25) is 10.0 Å². The minimum Gasteiger partial charge on any atom is -0.495 e. The number of ether oxygens (including phenoxy) is 1. The number of rotatable bonds is 3. The zero-order valence-electron chi connectivity index (χ0n) is 14.5. The topological polar surface area (TPSA) is 86.5 Å². The molecule has 0 aromatic heterocycles. The van der Waals surface area contributed by atoms with Crippen molar-refractivity contribution in [3.63, 3.8) is 0 Å². The van der Waals surface area contributed by atoms with Crippen LogP contribution in [-0.2, 0) is 16.4 Å². The highest BCUT2D eigenvalue weighted by atomic mass is 32.2. The van der Waals surface area contributed by atoms with Crippen LogP contribution in [0.15, 0.2) is 41.3 Å². The summed E-state index contributed by atoms with van der Waals surface area (Å²) in [5.41, 5.74) is 3.16. The van der Waals surface area contributed by atoms with Crippen molar-refractivity contribution >= 4 is 15.8 Å². The molecule has 0 atom stereocenters. The lowest BCUT2D eigenvalue weighted by Gasteiger charge is -2.30. The number of sulfonamides is 1. The normalized spacial score (nSPS) is 16.4. The second kappa shape index (κ2) is 5.97. The molecule has 0 saturated carbocycles. The summed E-state index contributed by atoms with van der Waals surface area (Å²) in [6.45, 7) is 4.17. The van der Waals surface area contributed by atoms with Crippen molar-refractivity contribution in [2.45, 2.75) is 31.6 Å². The third-order valence-electron chi connectivity index (χ3n) is 4.52. The molecule has 0 bridgehead atoms. The summed E-state index contributed by atoms with van der Waals surface area (Å²) >= 11 is 0. The number of hydrogen-bond donors (Lipinski definition) is 1. The summed E-state index contributed by atoms with van der Waals surface area (Å²) in [6.07, 6.45) is 1.36. The van der Waals surface area contributed by atoms with E-state index < -0.39 is 10.0 Å². The largest absolute Gasteiger partial charge is 0.495 e. The molecule has 0 radical (unpaired) electrons. The van der Waals surface area contributed by atoms with Gasteiger partial charge in [-0.1, -0.05) is 32.0 Å². The lowest BCUT2D eigenvalue weighted by Crippen LogP contribution is -2.26. The van der Waals surface area contributed by atoms with Gasteiger partial charge in [-0.3, -0.25) is 4.79 Å². The molecule has 132 valence electrons. The molecule has 0 aliphatic heterocycles. The number of fused-ring (bicyclic) bond motifs is 1. The van der Waals surface area contributed by atoms with E-state index in [2.05, 4.69) is 13.8 Å². The van der Waals surface area contributed by atoms with Crippen LogP contribution in [0, 0.1) is 5.41 Å². The van der Waals surface area contributed by atoms with Gasteiger partial charge >= 0.3 is 0 Å². The first-order valence-electron chi connectivity index (χ1n) is 7.98. The Balaban J connectivity index is 2.10. The van der Waals surface area contributed by atoms with E-state index in [0.717, 1.165) is 17.5 Å². The van der Waals surface area contributed by atoms with Crippen molar-refractivity contribution in [3.8, 4) is 16.9 Å². The summed E-state index contributed by atoms with van der Waals surface area (Å²) in [4.78, 5) is 12.4. The molecule has 0 amide bonds. The maximum Gasteiger partial charge on any atom is 0.241 e. The second-order valence-electron chi connectivity index (χ2n) is 7.22. The summed E-state index contributed by atoms with van der Waals surface area (Å²) in [5, 5.41) is 5.28. The van der Waals surface area contributed by atoms with Crippen LogP contribution in [0.25, 0.3) is 11.1 Å². The van der Waals surface area contributed by atoms with E-state index in [1.54, 1.807) is 12.1 Å². The average molecular weight is 359 g/mol. The van der Waals surface area contributed by atoms with E-state index in [-0.39, 0.29) is 21.8 Å². The number of ketones is 1. The van der Waals surface area contributed by atoms with E-state index in [1.807, 2.05) is 18.2 Å². The van der Waals surface area contributed by atoms with Gasteiger partial charge < -0.3 is 4.74 Å². The first kappa shape index (κ1) is 17.6. The van der Waals surface area contributed by atoms with Crippen molar-refractivity contribution in [3.05, 3.63) is 47.5 Å². The first-order valence-corrected chi connectivity index (χ1v) is 9.53. The van der Waals surface area contributed by atoms with Crippen molar-refractivity contribution in [2.24, 2.45) is 10.6 Å². The minimum absolute atomic E-state index is 0.0352. The number of Topliss-reactive ketones (excluding diaryl/α,β-unsaturated/α-hetero) is 1. The first-order chi connectivity index (χ1) is 11.6. The molecule has 25 heavy (non-hydrogen) atoms. The predicted octanol–water partition coefficient (Wildman–Crippen LogP) is 3.16. The Morgan fingerprint density at radius 2 is 1.68 bits per heavy atom. The van der Waals surface area contributed by atoms with Crippen molar-refractivity contribution < 1.29 is 17.9 Å². The Morgan fingerprint density at radius 1 is 1.04 bits per heavy atom. The second-order valence-corrected chi connectivity index (χ2v) is 8.75. The van der Waals surface area contributed by atoms with E-state index in [0.29, 0.717) is 17.5 Å². The zero-order chi connectivity index (χ0) is 18.4. The van der Waals surface area contributed by atoms with Gasteiger partial charge in [0.05, 0.1) is 7.11 Å². The van der Waals surface area contributed by atoms with E-state index in [9.17, 15) is 13.2 Å². The zero-order valence-corrected chi connectivity index (χ0v) is 15.3. The van der Waals surface area contributed by atoms with Gasteiger partial charge in [0.25, 0.3) is 0 Å². The molecule has 0 unspecified atom stereocenters. The summed E-state index contributed by atoms with van der Waals surface area (Å²) in [7, 11) is -2.52. The van der Waals surface area contributed by atoms with Gasteiger partial charge in [0, 0.05) is 12.0 Å². The third-order valence-corrected chi connectivity index (χ3v) is 5.45. The highest BCUT2D eigenvalue weighted by Crippen LogP contribution is 2.37. The molecular formula is C19H21NO4S. The van der Waals surface area contributed by atoms with Crippen molar-refractivity contribution in [1.82, 2.24) is 0 Å². The number of nitrogens with two attached hydrogens (primary N) is 1. The van der Waals surface area contributed by atoms with Crippen LogP contribution in [0.2, 0.25) is 0 Å². The molecule has 0 fully saturated rings. The van der Waals surface area contributed by atoms with Crippen LogP contribution in [0.4, 0.5) is 0 Å². The molecule has 1 aliphatic carbocycles. The molecule has 3 rings (SSSR count). The van der Waals surface area contributed by atoms with Gasteiger partial charge in [-0.2, -0.15) is 0 Å². The van der Waals surface area contributed by atoms with Crippen LogP contribution in [0.5, 0.6) is 5.75 Å². The molecule has 2 aromatic rings. The molecule has 0 spiro atoms. The van der Waals surface area contributed by atoms with Crippen LogP contribution in [-0.4, -0.2) is 21.3 Å². The van der Waals surface area contributed by atoms with Gasteiger partial charge in [-0.25, -0.2) is 13.6 Å². The maximum atomic E-state index is 12.5. The van der Waals surface area contributed by atoms with Crippen LogP contribution in [0.1, 0.15) is 36.2 Å². The molecule has 0 saturated heterocycles. The van der Waals surface area contributed by atoms with E-state index in [4.69, 9.17) is 9.88 Å². The molecule has 2 N–H and O–H groups in total. The predicted molar refractivity (Wildman–Crippen MR) is 96.2 cm³/mol. The molecule has 0 heterocycles. The monoisotopic (exact) mass is 359 g/mol. The molecule has 5 nitrogen and oxygen atoms in total. The quantitative estimate of drug-likeness (QED) is 0.912. The molecule has 6 heteroatoms. The van der Waals surface area contributed by atoms with Crippen LogP contribution < -0.4 is 9.88 Å². The highest BCUT2D eigenvalue weighted by molar-refractivity contribution is 7.89. The summed E-state index contributed by atoms with van der Waals surface area (Å²) in [6, 6.07) is 10.5. The average Bonchev–Trinajstić information content (AvgIpc) is 2.52. The fourth-order valence-corrected chi connectivity index (χ4v) is 4.08. The number of carbonyl (C=O) groups excluding carboxylic acids is 1.